The lowest BCUT2D eigenvalue weighted by Crippen LogP contribution is -2.50. The van der Waals surface area contributed by atoms with E-state index in [2.05, 4.69) is 15.5 Å². The molecule has 1 amide bonds. The van der Waals surface area contributed by atoms with Gasteiger partial charge in [-0.25, -0.2) is 0 Å². The molecule has 206 valence electrons. The number of amides is 1. The first-order valence-corrected chi connectivity index (χ1v) is 12.7. The van der Waals surface area contributed by atoms with E-state index in [-0.39, 0.29) is 35.5 Å². The Morgan fingerprint density at radius 2 is 1.74 bits per heavy atom. The van der Waals surface area contributed by atoms with Crippen molar-refractivity contribution >= 4 is 28.1 Å². The van der Waals surface area contributed by atoms with Gasteiger partial charge in [0, 0.05) is 37.9 Å². The minimum absolute atomic E-state index is 0.0640. The molecular weight excluding hydrogens is 538 g/mol. The van der Waals surface area contributed by atoms with Crippen LogP contribution in [-0.4, -0.2) is 65.9 Å². The van der Waals surface area contributed by atoms with E-state index in [0.717, 1.165) is 12.1 Å². The van der Waals surface area contributed by atoms with Gasteiger partial charge in [-0.15, -0.1) is 10.2 Å². The summed E-state index contributed by atoms with van der Waals surface area (Å²) >= 11 is 0.471. The predicted octanol–water partition coefficient (Wildman–Crippen LogP) is 4.54. The van der Waals surface area contributed by atoms with Gasteiger partial charge in [0.1, 0.15) is 6.61 Å². The van der Waals surface area contributed by atoms with Crippen LogP contribution in [0.25, 0.3) is 0 Å². The molecular formula is C23H24F6N6O2S. The second-order valence-electron chi connectivity index (χ2n) is 9.05. The standard InChI is InChI=1S/C23H24F6N6O2S/c24-22(25,26)18-11-16(2-1-14(18)12-30)31-15-3-5-17(6-4-15)37-13-19(36)34-7-9-35(10-8-34)21-33-32-20(38-21)23(27,28)29/h1-2,11,15,17,31H,3-10,13H2/t15-,17-. The van der Waals surface area contributed by atoms with Crippen molar-refractivity contribution in [3.8, 4) is 6.07 Å². The summed E-state index contributed by atoms with van der Waals surface area (Å²) < 4.78 is 83.6. The summed E-state index contributed by atoms with van der Waals surface area (Å²) in [7, 11) is 0. The Bertz CT molecular complexity index is 1160. The molecule has 0 spiro atoms. The van der Waals surface area contributed by atoms with E-state index in [4.69, 9.17) is 10.00 Å². The fraction of sp³-hybridized carbons (Fsp3) is 0.565. The Morgan fingerprint density at radius 3 is 2.32 bits per heavy atom. The first-order chi connectivity index (χ1) is 17.9. The molecule has 1 aromatic carbocycles. The normalized spacial score (nSPS) is 20.8. The molecule has 8 nitrogen and oxygen atoms in total. The number of ether oxygens (including phenoxy) is 1. The summed E-state index contributed by atoms with van der Waals surface area (Å²) in [5, 5.41) is 18.0. The highest BCUT2D eigenvalue weighted by Crippen LogP contribution is 2.35. The molecule has 0 atom stereocenters. The minimum Gasteiger partial charge on any atom is -0.382 e. The molecule has 1 aliphatic carbocycles. The molecule has 0 bridgehead atoms. The number of nitrogens with zero attached hydrogens (tertiary/aromatic N) is 5. The number of hydrogen-bond donors (Lipinski definition) is 1. The maximum absolute atomic E-state index is 13.2. The summed E-state index contributed by atoms with van der Waals surface area (Å²) in [6.07, 6.45) is -6.80. The van der Waals surface area contributed by atoms with Crippen molar-refractivity contribution in [2.24, 2.45) is 0 Å². The highest BCUT2D eigenvalue weighted by Gasteiger charge is 2.37. The topological polar surface area (TPSA) is 94.4 Å². The third-order valence-corrected chi connectivity index (χ3v) is 7.52. The Hall–Kier alpha value is -3.12. The lowest BCUT2D eigenvalue weighted by atomic mass is 9.92. The molecule has 0 unspecified atom stereocenters. The second-order valence-corrected chi connectivity index (χ2v) is 10.0. The molecule has 38 heavy (non-hydrogen) atoms. The maximum Gasteiger partial charge on any atom is 0.445 e. The van der Waals surface area contributed by atoms with E-state index in [1.54, 1.807) is 15.9 Å². The minimum atomic E-state index is -4.62. The highest BCUT2D eigenvalue weighted by molar-refractivity contribution is 7.15. The fourth-order valence-corrected chi connectivity index (χ4v) is 5.22. The molecule has 1 aromatic heterocycles. The van der Waals surface area contributed by atoms with E-state index in [0.29, 0.717) is 63.2 Å². The number of anilines is 2. The van der Waals surface area contributed by atoms with Crippen LogP contribution in [0.4, 0.5) is 37.2 Å². The van der Waals surface area contributed by atoms with Gasteiger partial charge in [-0.3, -0.25) is 4.79 Å². The highest BCUT2D eigenvalue weighted by atomic mass is 32.1. The van der Waals surface area contributed by atoms with E-state index in [1.807, 2.05) is 0 Å². The molecule has 2 heterocycles. The molecule has 1 N–H and O–H groups in total. The number of rotatable bonds is 6. The van der Waals surface area contributed by atoms with Gasteiger partial charge < -0.3 is 19.9 Å². The number of halogens is 6. The first kappa shape index (κ1) is 27.9. The molecule has 1 saturated heterocycles. The number of hydrogen-bond acceptors (Lipinski definition) is 8. The van der Waals surface area contributed by atoms with Crippen molar-refractivity contribution in [1.82, 2.24) is 15.1 Å². The Balaban J connectivity index is 1.19. The van der Waals surface area contributed by atoms with Crippen molar-refractivity contribution in [1.29, 1.82) is 5.26 Å². The maximum atomic E-state index is 13.2. The van der Waals surface area contributed by atoms with Crippen LogP contribution in [0.2, 0.25) is 0 Å². The molecule has 0 radical (unpaired) electrons. The number of aromatic nitrogens is 2. The van der Waals surface area contributed by atoms with E-state index < -0.39 is 28.5 Å². The zero-order valence-corrected chi connectivity index (χ0v) is 20.8. The number of nitrogens with one attached hydrogen (secondary N) is 1. The largest absolute Gasteiger partial charge is 0.445 e. The van der Waals surface area contributed by atoms with Crippen LogP contribution in [-0.2, 0) is 21.9 Å². The Kier molecular flexibility index (Phi) is 8.31. The SMILES string of the molecule is N#Cc1ccc(N[C@H]2CC[C@H](OCC(=O)N3CCN(c4nnc(C(F)(F)F)s4)CC3)CC2)cc1C(F)(F)F. The summed E-state index contributed by atoms with van der Waals surface area (Å²) in [6.45, 7) is 1.19. The monoisotopic (exact) mass is 562 g/mol. The van der Waals surface area contributed by atoms with Crippen LogP contribution in [0.5, 0.6) is 0 Å². The summed E-state index contributed by atoms with van der Waals surface area (Å²) in [5.74, 6) is -0.213. The smallest absolute Gasteiger partial charge is 0.382 e. The zero-order chi connectivity index (χ0) is 27.5. The lowest BCUT2D eigenvalue weighted by Gasteiger charge is -2.35. The van der Waals surface area contributed by atoms with Crippen LogP contribution in [0.15, 0.2) is 18.2 Å². The number of carbonyl (C=O) groups is 1. The zero-order valence-electron chi connectivity index (χ0n) is 20.0. The van der Waals surface area contributed by atoms with Gasteiger partial charge in [0.05, 0.1) is 23.3 Å². The average molecular weight is 563 g/mol. The first-order valence-electron chi connectivity index (χ1n) is 11.9. The molecule has 2 aliphatic rings. The van der Waals surface area contributed by atoms with Gasteiger partial charge >= 0.3 is 12.4 Å². The van der Waals surface area contributed by atoms with E-state index >= 15 is 0 Å². The number of alkyl halides is 6. The van der Waals surface area contributed by atoms with Gasteiger partial charge in [0.2, 0.25) is 16.0 Å². The quantitative estimate of drug-likeness (QED) is 0.517. The number of piperazine rings is 1. The average Bonchev–Trinajstić information content (AvgIpc) is 3.39. The molecule has 2 aromatic rings. The lowest BCUT2D eigenvalue weighted by molar-refractivity contribution is -0.139. The molecule has 1 aliphatic heterocycles. The fourth-order valence-electron chi connectivity index (χ4n) is 4.46. The Morgan fingerprint density at radius 1 is 1.05 bits per heavy atom. The van der Waals surface area contributed by atoms with Crippen molar-refractivity contribution in [3.05, 3.63) is 34.3 Å². The van der Waals surface area contributed by atoms with E-state index in [9.17, 15) is 31.1 Å². The van der Waals surface area contributed by atoms with Crippen LogP contribution >= 0.6 is 11.3 Å². The summed E-state index contributed by atoms with van der Waals surface area (Å²) in [5.41, 5.74) is -1.11. The third kappa shape index (κ3) is 6.84. The summed E-state index contributed by atoms with van der Waals surface area (Å²) in [4.78, 5) is 15.8. The number of benzene rings is 1. The van der Waals surface area contributed by atoms with Gasteiger partial charge in [-0.1, -0.05) is 11.3 Å². The van der Waals surface area contributed by atoms with E-state index in [1.165, 1.54) is 6.07 Å². The van der Waals surface area contributed by atoms with Crippen LogP contribution in [0.1, 0.15) is 41.8 Å². The van der Waals surface area contributed by atoms with Crippen LogP contribution < -0.4 is 10.2 Å². The van der Waals surface area contributed by atoms with Crippen LogP contribution in [0, 0.1) is 11.3 Å². The number of carbonyl (C=O) groups excluding carboxylic acids is 1. The van der Waals surface area contributed by atoms with Gasteiger partial charge in [-0.2, -0.15) is 31.6 Å². The molecule has 4 rings (SSSR count). The van der Waals surface area contributed by atoms with Crippen molar-refractivity contribution in [2.75, 3.05) is 43.0 Å². The molecule has 1 saturated carbocycles. The Labute approximate surface area is 218 Å². The third-order valence-electron chi connectivity index (χ3n) is 6.49. The predicted molar refractivity (Wildman–Crippen MR) is 125 cm³/mol. The van der Waals surface area contributed by atoms with Crippen molar-refractivity contribution in [2.45, 2.75) is 50.2 Å². The van der Waals surface area contributed by atoms with Gasteiger partial charge in [0.15, 0.2) is 0 Å². The molecule has 15 heteroatoms. The molecule has 2 fully saturated rings. The van der Waals surface area contributed by atoms with Crippen molar-refractivity contribution < 1.29 is 35.9 Å². The summed E-state index contributed by atoms with van der Waals surface area (Å²) in [6, 6.07) is 5.05. The van der Waals surface area contributed by atoms with Crippen LogP contribution in [0.3, 0.4) is 0 Å². The van der Waals surface area contributed by atoms with Gasteiger partial charge in [0.25, 0.3) is 0 Å². The van der Waals surface area contributed by atoms with Crippen molar-refractivity contribution in [3.63, 3.8) is 0 Å². The number of nitriles is 1. The second kappa shape index (κ2) is 11.3. The van der Waals surface area contributed by atoms with Gasteiger partial charge in [-0.05, 0) is 43.9 Å².